The van der Waals surface area contributed by atoms with Gasteiger partial charge in [0.15, 0.2) is 0 Å². The summed E-state index contributed by atoms with van der Waals surface area (Å²) in [5, 5.41) is 0.700. The molecule has 3 aliphatic heterocycles. The summed E-state index contributed by atoms with van der Waals surface area (Å²) >= 11 is 6.25. The Labute approximate surface area is 264 Å². The molecule has 43 heavy (non-hydrogen) atoms. The van der Waals surface area contributed by atoms with E-state index in [-0.39, 0.29) is 47.3 Å². The van der Waals surface area contributed by atoms with Crippen molar-refractivity contribution in [3.63, 3.8) is 0 Å². The van der Waals surface area contributed by atoms with Gasteiger partial charge < -0.3 is 14.5 Å². The van der Waals surface area contributed by atoms with Gasteiger partial charge in [0.2, 0.25) is 17.7 Å². The van der Waals surface area contributed by atoms with Crippen LogP contribution in [0.25, 0.3) is 0 Å². The maximum absolute atomic E-state index is 14.8. The molecule has 0 aromatic heterocycles. The second-order valence-electron chi connectivity index (χ2n) is 16.2. The fourth-order valence-corrected chi connectivity index (χ4v) is 7.71. The SMILES string of the molecule is CC1(C)CCC(N(C(=O)C(C)(C)C)[C@H]2C[C@@H](C3=NCCO3)N(C(=O)C3CN(C(C)(C)C)C[C@H]3c3ccc(Cl)cc3)C2)CC1. The van der Waals surface area contributed by atoms with Gasteiger partial charge in [-0.15, -0.1) is 0 Å². The molecule has 0 spiro atoms. The molecule has 1 aliphatic carbocycles. The molecule has 1 aromatic rings. The van der Waals surface area contributed by atoms with E-state index in [2.05, 4.69) is 56.6 Å². The van der Waals surface area contributed by atoms with Gasteiger partial charge in [-0.1, -0.05) is 58.4 Å². The van der Waals surface area contributed by atoms with Crippen LogP contribution in [0.2, 0.25) is 5.02 Å². The van der Waals surface area contributed by atoms with Crippen molar-refractivity contribution >= 4 is 29.3 Å². The molecule has 2 saturated heterocycles. The third-order valence-electron chi connectivity index (χ3n) is 10.3. The molecule has 8 heteroatoms. The first-order valence-corrected chi connectivity index (χ1v) is 16.7. The van der Waals surface area contributed by atoms with Gasteiger partial charge in [-0.25, -0.2) is 0 Å². The summed E-state index contributed by atoms with van der Waals surface area (Å²) in [6.07, 6.45) is 4.89. The highest BCUT2D eigenvalue weighted by Gasteiger charge is 2.51. The molecular weight excluding hydrogens is 560 g/mol. The molecule has 7 nitrogen and oxygen atoms in total. The zero-order valence-electron chi connectivity index (χ0n) is 27.7. The monoisotopic (exact) mass is 612 g/mol. The third-order valence-corrected chi connectivity index (χ3v) is 10.6. The number of amides is 2. The average molecular weight is 613 g/mol. The summed E-state index contributed by atoms with van der Waals surface area (Å²) in [4.78, 5) is 40.3. The van der Waals surface area contributed by atoms with Crippen molar-refractivity contribution in [2.45, 2.75) is 117 Å². The van der Waals surface area contributed by atoms with Crippen LogP contribution in [0.3, 0.4) is 0 Å². The Kier molecular flexibility index (Phi) is 9.01. The number of carbonyl (C=O) groups excluding carboxylic acids is 2. The van der Waals surface area contributed by atoms with E-state index in [1.807, 2.05) is 37.8 Å². The number of carbonyl (C=O) groups is 2. The number of likely N-dealkylation sites (tertiary alicyclic amines) is 2. The van der Waals surface area contributed by atoms with Crippen molar-refractivity contribution in [3.8, 4) is 0 Å². The van der Waals surface area contributed by atoms with E-state index in [9.17, 15) is 9.59 Å². The topological polar surface area (TPSA) is 65.5 Å². The highest BCUT2D eigenvalue weighted by Crippen LogP contribution is 2.42. The molecule has 3 heterocycles. The molecule has 0 bridgehead atoms. The minimum absolute atomic E-state index is 0.0583. The first-order valence-electron chi connectivity index (χ1n) is 16.4. The normalized spacial score (nSPS) is 28.6. The lowest BCUT2D eigenvalue weighted by Gasteiger charge is -2.45. The van der Waals surface area contributed by atoms with E-state index >= 15 is 0 Å². The maximum Gasteiger partial charge on any atom is 0.228 e. The third kappa shape index (κ3) is 6.93. The van der Waals surface area contributed by atoms with E-state index in [1.54, 1.807) is 0 Å². The predicted molar refractivity (Wildman–Crippen MR) is 174 cm³/mol. The molecule has 1 aromatic carbocycles. The minimum atomic E-state index is -0.500. The van der Waals surface area contributed by atoms with Crippen LogP contribution in [0.15, 0.2) is 29.3 Å². The average Bonchev–Trinajstić information content (AvgIpc) is 3.68. The number of hydrogen-bond acceptors (Lipinski definition) is 5. The molecule has 4 aliphatic rings. The summed E-state index contributed by atoms with van der Waals surface area (Å²) in [6.45, 7) is 20.6. The van der Waals surface area contributed by atoms with Crippen molar-refractivity contribution in [2.75, 3.05) is 32.8 Å². The second kappa shape index (κ2) is 12.0. The van der Waals surface area contributed by atoms with E-state index in [1.165, 1.54) is 0 Å². The van der Waals surface area contributed by atoms with Crippen LogP contribution < -0.4 is 0 Å². The fourth-order valence-electron chi connectivity index (χ4n) is 7.59. The summed E-state index contributed by atoms with van der Waals surface area (Å²) in [5.41, 5.74) is 0.887. The number of benzene rings is 1. The lowest BCUT2D eigenvalue weighted by atomic mass is 9.74. The quantitative estimate of drug-likeness (QED) is 0.386. The largest absolute Gasteiger partial charge is 0.478 e. The number of aliphatic imine (C=N–C) groups is 1. The molecular formula is C35H53ClN4O3. The Balaban J connectivity index is 1.47. The summed E-state index contributed by atoms with van der Waals surface area (Å²) < 4.78 is 6.04. The van der Waals surface area contributed by atoms with Gasteiger partial charge in [-0.05, 0) is 76.0 Å². The number of halogens is 1. The van der Waals surface area contributed by atoms with Gasteiger partial charge in [0, 0.05) is 47.6 Å². The molecule has 5 rings (SSSR count). The fraction of sp³-hybridized carbons (Fsp3) is 0.743. The standard InChI is InChI=1S/C35H53ClN4O3/c1-33(2,3)32(42)40(25-13-15-35(7,8)16-14-25)26-19-29(30-37-17-18-43-30)39(20-26)31(41)28-22-38(34(4,5)6)21-27(28)23-9-11-24(36)12-10-23/h9-12,25-29H,13-22H2,1-8H3/t26-,27-,28?,29-/m0/s1. The summed E-state index contributed by atoms with van der Waals surface area (Å²) in [7, 11) is 0. The zero-order valence-corrected chi connectivity index (χ0v) is 28.4. The minimum Gasteiger partial charge on any atom is -0.478 e. The molecule has 238 valence electrons. The first-order chi connectivity index (χ1) is 20.0. The van der Waals surface area contributed by atoms with Gasteiger partial charge in [0.05, 0.1) is 18.5 Å². The highest BCUT2D eigenvalue weighted by molar-refractivity contribution is 6.30. The van der Waals surface area contributed by atoms with Crippen molar-refractivity contribution in [1.29, 1.82) is 0 Å². The Hall–Kier alpha value is -2.12. The highest BCUT2D eigenvalue weighted by atomic mass is 35.5. The van der Waals surface area contributed by atoms with Crippen LogP contribution in [0, 0.1) is 16.7 Å². The van der Waals surface area contributed by atoms with Crippen LogP contribution in [0.5, 0.6) is 0 Å². The smallest absolute Gasteiger partial charge is 0.228 e. The van der Waals surface area contributed by atoms with Gasteiger partial charge in [0.25, 0.3) is 0 Å². The van der Waals surface area contributed by atoms with Crippen LogP contribution in [-0.2, 0) is 14.3 Å². The molecule has 3 fully saturated rings. The second-order valence-corrected chi connectivity index (χ2v) is 16.6. The van der Waals surface area contributed by atoms with Crippen molar-refractivity contribution < 1.29 is 14.3 Å². The number of rotatable bonds is 5. The Bertz CT molecular complexity index is 1200. The van der Waals surface area contributed by atoms with E-state index in [0.29, 0.717) is 49.0 Å². The molecule has 0 N–H and O–H groups in total. The van der Waals surface area contributed by atoms with Crippen molar-refractivity contribution in [1.82, 2.24) is 14.7 Å². The number of ether oxygens (including phenoxy) is 1. The van der Waals surface area contributed by atoms with Crippen molar-refractivity contribution in [3.05, 3.63) is 34.9 Å². The van der Waals surface area contributed by atoms with Crippen LogP contribution in [-0.4, -0.2) is 88.9 Å². The summed E-state index contributed by atoms with van der Waals surface area (Å²) in [6, 6.07) is 7.88. The lowest BCUT2D eigenvalue weighted by Crippen LogP contribution is -2.54. The van der Waals surface area contributed by atoms with Gasteiger partial charge >= 0.3 is 0 Å². The Morgan fingerprint density at radius 1 is 0.977 bits per heavy atom. The molecule has 1 saturated carbocycles. The van der Waals surface area contributed by atoms with E-state index in [0.717, 1.165) is 37.8 Å². The van der Waals surface area contributed by atoms with Gasteiger partial charge in [-0.3, -0.25) is 19.5 Å². The summed E-state index contributed by atoms with van der Waals surface area (Å²) in [5.74, 6) is 0.847. The number of nitrogens with zero attached hydrogens (tertiary/aromatic N) is 4. The Morgan fingerprint density at radius 3 is 2.19 bits per heavy atom. The molecule has 0 radical (unpaired) electrons. The predicted octanol–water partition coefficient (Wildman–Crippen LogP) is 6.40. The lowest BCUT2D eigenvalue weighted by molar-refractivity contribution is -0.147. The molecule has 2 amide bonds. The van der Waals surface area contributed by atoms with Crippen LogP contribution in [0.4, 0.5) is 0 Å². The molecule has 4 atom stereocenters. The Morgan fingerprint density at radius 2 is 1.63 bits per heavy atom. The van der Waals surface area contributed by atoms with Gasteiger partial charge in [-0.2, -0.15) is 0 Å². The van der Waals surface area contributed by atoms with Crippen molar-refractivity contribution in [2.24, 2.45) is 21.7 Å². The molecule has 1 unspecified atom stereocenters. The zero-order chi connectivity index (χ0) is 31.3. The van der Waals surface area contributed by atoms with Crippen LogP contribution in [0.1, 0.15) is 99.0 Å². The van der Waals surface area contributed by atoms with Crippen LogP contribution >= 0.6 is 11.6 Å². The van der Waals surface area contributed by atoms with E-state index in [4.69, 9.17) is 21.3 Å². The first kappa shape index (κ1) is 32.3. The van der Waals surface area contributed by atoms with Gasteiger partial charge in [0.1, 0.15) is 12.6 Å². The maximum atomic E-state index is 14.8. The van der Waals surface area contributed by atoms with E-state index < -0.39 is 5.41 Å². The number of hydrogen-bond donors (Lipinski definition) is 0.